The highest BCUT2D eigenvalue weighted by Crippen LogP contribution is 2.27. The van der Waals surface area contributed by atoms with Crippen LogP contribution >= 0.6 is 15.9 Å². The molecule has 0 bridgehead atoms. The lowest BCUT2D eigenvalue weighted by Gasteiger charge is -2.21. The number of anilines is 2. The van der Waals surface area contributed by atoms with Crippen LogP contribution in [0, 0.1) is 10.1 Å². The number of nitro benzene ring substituents is 1. The maximum Gasteiger partial charge on any atom is 0.271 e. The number of nitrogens with two attached hydrogens (primary N) is 1. The van der Waals surface area contributed by atoms with Gasteiger partial charge in [0.1, 0.15) is 0 Å². The number of halogens is 1. The molecule has 2 aromatic rings. The summed E-state index contributed by atoms with van der Waals surface area (Å²) >= 11 is 3.39. The molecule has 0 saturated carbocycles. The van der Waals surface area contributed by atoms with Crippen molar-refractivity contribution in [3.8, 4) is 0 Å². The van der Waals surface area contributed by atoms with Crippen molar-refractivity contribution >= 4 is 33.0 Å². The second kappa shape index (κ2) is 5.92. The summed E-state index contributed by atoms with van der Waals surface area (Å²) < 4.78 is 1.03. The molecule has 5 nitrogen and oxygen atoms in total. The second-order valence-corrected chi connectivity index (χ2v) is 5.40. The van der Waals surface area contributed by atoms with E-state index in [1.807, 2.05) is 36.2 Å². The van der Waals surface area contributed by atoms with E-state index >= 15 is 0 Å². The van der Waals surface area contributed by atoms with Crippen molar-refractivity contribution < 1.29 is 4.92 Å². The summed E-state index contributed by atoms with van der Waals surface area (Å²) in [6, 6.07) is 12.5. The largest absolute Gasteiger partial charge is 0.397 e. The predicted molar refractivity (Wildman–Crippen MR) is 83.8 cm³/mol. The molecular weight excluding hydrogens is 322 g/mol. The summed E-state index contributed by atoms with van der Waals surface area (Å²) in [5.41, 5.74) is 8.20. The molecule has 0 aliphatic carbocycles. The molecule has 0 unspecified atom stereocenters. The van der Waals surface area contributed by atoms with E-state index in [1.54, 1.807) is 6.07 Å². The number of nitro groups is 1. The lowest BCUT2D eigenvalue weighted by Crippen LogP contribution is -2.17. The maximum absolute atomic E-state index is 10.7. The van der Waals surface area contributed by atoms with E-state index in [2.05, 4.69) is 15.9 Å². The van der Waals surface area contributed by atoms with Crippen molar-refractivity contribution in [3.05, 3.63) is 62.6 Å². The molecule has 0 radical (unpaired) electrons. The van der Waals surface area contributed by atoms with Gasteiger partial charge in [0.25, 0.3) is 5.69 Å². The standard InChI is InChI=1S/C14H14BrN3O2/c1-17(9-10-2-4-11(15)5-3-10)14-7-6-12(18(19)20)8-13(14)16/h2-8H,9,16H2,1H3. The van der Waals surface area contributed by atoms with Gasteiger partial charge < -0.3 is 10.6 Å². The number of non-ortho nitro benzene ring substituents is 1. The van der Waals surface area contributed by atoms with Gasteiger partial charge in [0.05, 0.1) is 16.3 Å². The predicted octanol–water partition coefficient (Wildman–Crippen LogP) is 3.58. The van der Waals surface area contributed by atoms with E-state index in [9.17, 15) is 10.1 Å². The van der Waals surface area contributed by atoms with Gasteiger partial charge in [-0.2, -0.15) is 0 Å². The number of hydrogen-bond donors (Lipinski definition) is 1. The molecule has 0 aliphatic rings. The highest BCUT2D eigenvalue weighted by atomic mass is 79.9. The van der Waals surface area contributed by atoms with E-state index in [-0.39, 0.29) is 5.69 Å². The fraction of sp³-hybridized carbons (Fsp3) is 0.143. The molecule has 0 saturated heterocycles. The SMILES string of the molecule is CN(Cc1ccc(Br)cc1)c1ccc([N+](=O)[O-])cc1N. The van der Waals surface area contributed by atoms with Gasteiger partial charge in [-0.3, -0.25) is 10.1 Å². The first-order valence-electron chi connectivity index (χ1n) is 5.97. The molecule has 0 spiro atoms. The monoisotopic (exact) mass is 335 g/mol. The Hall–Kier alpha value is -2.08. The Morgan fingerprint density at radius 3 is 2.45 bits per heavy atom. The van der Waals surface area contributed by atoms with Gasteiger partial charge in [-0.25, -0.2) is 0 Å². The Balaban J connectivity index is 2.18. The zero-order valence-corrected chi connectivity index (χ0v) is 12.5. The number of rotatable bonds is 4. The number of nitrogen functional groups attached to an aromatic ring is 1. The molecule has 6 heteroatoms. The quantitative estimate of drug-likeness (QED) is 0.526. The summed E-state index contributed by atoms with van der Waals surface area (Å²) in [5, 5.41) is 10.7. The number of nitrogens with zero attached hydrogens (tertiary/aromatic N) is 2. The van der Waals surface area contributed by atoms with Crippen molar-refractivity contribution in [2.75, 3.05) is 17.7 Å². The molecule has 0 heterocycles. The minimum Gasteiger partial charge on any atom is -0.397 e. The van der Waals surface area contributed by atoms with E-state index < -0.39 is 4.92 Å². The number of benzene rings is 2. The Bertz CT molecular complexity index is 629. The Labute approximate surface area is 125 Å². The maximum atomic E-state index is 10.7. The van der Waals surface area contributed by atoms with Gasteiger partial charge in [0, 0.05) is 30.2 Å². The van der Waals surface area contributed by atoms with Crippen molar-refractivity contribution in [1.29, 1.82) is 0 Å². The van der Waals surface area contributed by atoms with Crippen molar-refractivity contribution in [3.63, 3.8) is 0 Å². The van der Waals surface area contributed by atoms with Gasteiger partial charge in [0.2, 0.25) is 0 Å². The van der Waals surface area contributed by atoms with Gasteiger partial charge in [-0.15, -0.1) is 0 Å². The average molecular weight is 336 g/mol. The first-order valence-corrected chi connectivity index (χ1v) is 6.76. The molecule has 2 aromatic carbocycles. The fourth-order valence-corrected chi connectivity index (χ4v) is 2.22. The lowest BCUT2D eigenvalue weighted by atomic mass is 10.2. The van der Waals surface area contributed by atoms with Crippen LogP contribution in [0.5, 0.6) is 0 Å². The first kappa shape index (κ1) is 14.3. The van der Waals surface area contributed by atoms with E-state index in [4.69, 9.17) is 5.73 Å². The van der Waals surface area contributed by atoms with Crippen LogP contribution < -0.4 is 10.6 Å². The smallest absolute Gasteiger partial charge is 0.271 e. The molecule has 2 N–H and O–H groups in total. The highest BCUT2D eigenvalue weighted by Gasteiger charge is 2.11. The second-order valence-electron chi connectivity index (χ2n) is 4.48. The van der Waals surface area contributed by atoms with Gasteiger partial charge in [-0.05, 0) is 23.8 Å². The zero-order chi connectivity index (χ0) is 14.7. The summed E-state index contributed by atoms with van der Waals surface area (Å²) in [5.74, 6) is 0. The minimum atomic E-state index is -0.450. The van der Waals surface area contributed by atoms with Crippen LogP contribution in [0.3, 0.4) is 0 Å². The van der Waals surface area contributed by atoms with Crippen molar-refractivity contribution in [2.24, 2.45) is 0 Å². The van der Waals surface area contributed by atoms with Crippen molar-refractivity contribution in [1.82, 2.24) is 0 Å². The average Bonchev–Trinajstić information content (AvgIpc) is 2.41. The first-order chi connectivity index (χ1) is 9.47. The lowest BCUT2D eigenvalue weighted by molar-refractivity contribution is -0.384. The van der Waals surface area contributed by atoms with Gasteiger partial charge in [0.15, 0.2) is 0 Å². The third kappa shape index (κ3) is 3.27. The highest BCUT2D eigenvalue weighted by molar-refractivity contribution is 9.10. The topological polar surface area (TPSA) is 72.4 Å². The molecule has 0 aliphatic heterocycles. The van der Waals surface area contributed by atoms with E-state index in [1.165, 1.54) is 12.1 Å². The Morgan fingerprint density at radius 2 is 1.90 bits per heavy atom. The van der Waals surface area contributed by atoms with Crippen LogP contribution in [0.1, 0.15) is 5.56 Å². The van der Waals surface area contributed by atoms with Gasteiger partial charge >= 0.3 is 0 Å². The molecular formula is C14H14BrN3O2. The summed E-state index contributed by atoms with van der Waals surface area (Å²) in [6.45, 7) is 0.676. The summed E-state index contributed by atoms with van der Waals surface area (Å²) in [6.07, 6.45) is 0. The summed E-state index contributed by atoms with van der Waals surface area (Å²) in [4.78, 5) is 12.2. The van der Waals surface area contributed by atoms with Crippen molar-refractivity contribution in [2.45, 2.75) is 6.54 Å². The Morgan fingerprint density at radius 1 is 1.25 bits per heavy atom. The Kier molecular flexibility index (Phi) is 4.24. The molecule has 20 heavy (non-hydrogen) atoms. The van der Waals surface area contributed by atoms with E-state index in [0.29, 0.717) is 12.2 Å². The number of hydrogen-bond acceptors (Lipinski definition) is 4. The molecule has 104 valence electrons. The minimum absolute atomic E-state index is 0.00305. The summed E-state index contributed by atoms with van der Waals surface area (Å²) in [7, 11) is 1.90. The molecule has 0 amide bonds. The fourth-order valence-electron chi connectivity index (χ4n) is 1.95. The molecule has 2 rings (SSSR count). The van der Waals surface area contributed by atoms with Crippen LogP contribution in [0.4, 0.5) is 17.1 Å². The van der Waals surface area contributed by atoms with Crippen LogP contribution in [-0.4, -0.2) is 12.0 Å². The normalized spacial score (nSPS) is 10.3. The zero-order valence-electron chi connectivity index (χ0n) is 10.9. The molecule has 0 fully saturated rings. The van der Waals surface area contributed by atoms with Crippen LogP contribution in [-0.2, 0) is 6.54 Å². The van der Waals surface area contributed by atoms with Crippen LogP contribution in [0.2, 0.25) is 0 Å². The van der Waals surface area contributed by atoms with Crippen LogP contribution in [0.15, 0.2) is 46.9 Å². The van der Waals surface area contributed by atoms with Crippen LogP contribution in [0.25, 0.3) is 0 Å². The molecule has 0 atom stereocenters. The third-order valence-electron chi connectivity index (χ3n) is 2.97. The van der Waals surface area contributed by atoms with Gasteiger partial charge in [-0.1, -0.05) is 28.1 Å². The molecule has 0 aromatic heterocycles. The third-order valence-corrected chi connectivity index (χ3v) is 3.49. The van der Waals surface area contributed by atoms with E-state index in [0.717, 1.165) is 15.7 Å².